The van der Waals surface area contributed by atoms with Crippen LogP contribution in [0.5, 0.6) is 0 Å². The van der Waals surface area contributed by atoms with Gasteiger partial charge in [0.15, 0.2) is 0 Å². The number of anilines is 1. The standard InChI is InChI=1S/C22H22F2N4O/c1-4-13(2)28-12-17-19(10-20(28)29)26-14(3)27-21(17)25-11-15-6-5-7-18-16(15)8-9-22(18,23)24/h5-7,10,12H,2,4,8-9,11H2,1,3H3,(H,25,26,27). The number of nitrogens with zero attached hydrogens (tertiary/aromatic N) is 3. The molecule has 1 aromatic carbocycles. The summed E-state index contributed by atoms with van der Waals surface area (Å²) in [6, 6.07) is 6.50. The number of hydrogen-bond acceptors (Lipinski definition) is 4. The lowest BCUT2D eigenvalue weighted by Crippen LogP contribution is -2.18. The van der Waals surface area contributed by atoms with Crippen LogP contribution in [0.15, 0.2) is 41.8 Å². The summed E-state index contributed by atoms with van der Waals surface area (Å²) in [5.41, 5.74) is 2.67. The smallest absolute Gasteiger partial charge is 0.273 e. The van der Waals surface area contributed by atoms with Gasteiger partial charge in [-0.05, 0) is 30.9 Å². The van der Waals surface area contributed by atoms with Gasteiger partial charge in [0.05, 0.1) is 10.9 Å². The van der Waals surface area contributed by atoms with Crippen LogP contribution < -0.4 is 10.9 Å². The SMILES string of the molecule is C=C(CC)n1cc2c(NCc3cccc4c3CCC4(F)F)nc(C)nc2cc1=O. The number of pyridine rings is 1. The second-order valence-electron chi connectivity index (χ2n) is 7.32. The van der Waals surface area contributed by atoms with Crippen LogP contribution in [0.2, 0.25) is 0 Å². The average Bonchev–Trinajstić information content (AvgIpc) is 3.00. The number of fused-ring (bicyclic) bond motifs is 2. The first-order chi connectivity index (χ1) is 13.8. The van der Waals surface area contributed by atoms with Gasteiger partial charge >= 0.3 is 0 Å². The van der Waals surface area contributed by atoms with Crippen molar-refractivity contribution < 1.29 is 8.78 Å². The van der Waals surface area contributed by atoms with Crippen molar-refractivity contribution >= 4 is 22.4 Å². The fourth-order valence-electron chi connectivity index (χ4n) is 3.81. The predicted octanol–water partition coefficient (Wildman–Crippen LogP) is 4.63. The summed E-state index contributed by atoms with van der Waals surface area (Å²) < 4.78 is 29.6. The highest BCUT2D eigenvalue weighted by molar-refractivity contribution is 5.88. The largest absolute Gasteiger partial charge is 0.365 e. The Morgan fingerprint density at radius 3 is 2.90 bits per heavy atom. The molecule has 0 unspecified atom stereocenters. The van der Waals surface area contributed by atoms with Crippen molar-refractivity contribution in [3.63, 3.8) is 0 Å². The summed E-state index contributed by atoms with van der Waals surface area (Å²) in [6.07, 6.45) is 2.53. The molecule has 5 nitrogen and oxygen atoms in total. The first-order valence-corrected chi connectivity index (χ1v) is 9.62. The van der Waals surface area contributed by atoms with Crippen molar-refractivity contribution in [1.29, 1.82) is 0 Å². The third-order valence-electron chi connectivity index (χ3n) is 5.39. The molecule has 2 aromatic heterocycles. The van der Waals surface area contributed by atoms with Crippen LogP contribution in [0.3, 0.4) is 0 Å². The molecule has 0 bridgehead atoms. The van der Waals surface area contributed by atoms with Crippen molar-refractivity contribution in [2.45, 2.75) is 45.6 Å². The Bertz CT molecular complexity index is 1180. The first-order valence-electron chi connectivity index (χ1n) is 9.62. The van der Waals surface area contributed by atoms with Crippen LogP contribution >= 0.6 is 0 Å². The van der Waals surface area contributed by atoms with E-state index in [4.69, 9.17) is 0 Å². The fraction of sp³-hybridized carbons (Fsp3) is 0.318. The molecule has 150 valence electrons. The van der Waals surface area contributed by atoms with E-state index in [1.54, 1.807) is 19.2 Å². The van der Waals surface area contributed by atoms with E-state index in [2.05, 4.69) is 21.9 Å². The van der Waals surface area contributed by atoms with Crippen molar-refractivity contribution in [3.8, 4) is 0 Å². The number of aromatic nitrogens is 3. The molecule has 0 fully saturated rings. The monoisotopic (exact) mass is 396 g/mol. The lowest BCUT2D eigenvalue weighted by Gasteiger charge is -2.15. The molecule has 0 spiro atoms. The Morgan fingerprint density at radius 1 is 1.34 bits per heavy atom. The number of halogens is 2. The molecular formula is C22H22F2N4O. The summed E-state index contributed by atoms with van der Waals surface area (Å²) in [6.45, 7) is 7.97. The number of allylic oxidation sites excluding steroid dienone is 1. The average molecular weight is 396 g/mol. The van der Waals surface area contributed by atoms with Crippen LogP contribution in [0, 0.1) is 6.92 Å². The van der Waals surface area contributed by atoms with Gasteiger partial charge in [-0.25, -0.2) is 18.7 Å². The molecule has 0 atom stereocenters. The molecule has 0 saturated carbocycles. The lowest BCUT2D eigenvalue weighted by molar-refractivity contribution is -0.00184. The first kappa shape index (κ1) is 19.2. The van der Waals surface area contributed by atoms with Crippen LogP contribution in [0.4, 0.5) is 14.6 Å². The van der Waals surface area contributed by atoms with E-state index in [1.807, 2.05) is 13.0 Å². The summed E-state index contributed by atoms with van der Waals surface area (Å²) >= 11 is 0. The summed E-state index contributed by atoms with van der Waals surface area (Å²) in [7, 11) is 0. The van der Waals surface area contributed by atoms with Crippen molar-refractivity contribution in [3.05, 3.63) is 69.9 Å². The molecule has 1 aliphatic carbocycles. The molecule has 0 amide bonds. The zero-order chi connectivity index (χ0) is 20.8. The summed E-state index contributed by atoms with van der Waals surface area (Å²) in [4.78, 5) is 21.2. The highest BCUT2D eigenvalue weighted by Crippen LogP contribution is 2.42. The number of hydrogen-bond donors (Lipinski definition) is 1. The molecule has 1 aliphatic rings. The predicted molar refractivity (Wildman–Crippen MR) is 110 cm³/mol. The van der Waals surface area contributed by atoms with E-state index in [9.17, 15) is 13.6 Å². The minimum Gasteiger partial charge on any atom is -0.365 e. The molecule has 0 aliphatic heterocycles. The van der Waals surface area contributed by atoms with Crippen LogP contribution in [0.1, 0.15) is 42.3 Å². The van der Waals surface area contributed by atoms with E-state index < -0.39 is 5.92 Å². The quantitative estimate of drug-likeness (QED) is 0.683. The summed E-state index contributed by atoms with van der Waals surface area (Å²) in [5.74, 6) is -1.68. The number of benzene rings is 1. The maximum atomic E-state index is 14.1. The van der Waals surface area contributed by atoms with Gasteiger partial charge in [-0.3, -0.25) is 9.36 Å². The minimum atomic E-state index is -2.76. The highest BCUT2D eigenvalue weighted by atomic mass is 19.3. The Balaban J connectivity index is 1.73. The third-order valence-corrected chi connectivity index (χ3v) is 5.39. The Labute approximate surface area is 167 Å². The molecule has 0 radical (unpaired) electrons. The zero-order valence-electron chi connectivity index (χ0n) is 16.4. The van der Waals surface area contributed by atoms with Gasteiger partial charge < -0.3 is 5.32 Å². The molecular weight excluding hydrogens is 374 g/mol. The maximum absolute atomic E-state index is 14.1. The minimum absolute atomic E-state index is 0.119. The second kappa shape index (κ2) is 7.06. The van der Waals surface area contributed by atoms with E-state index >= 15 is 0 Å². The Hall–Kier alpha value is -3.09. The van der Waals surface area contributed by atoms with Crippen LogP contribution in [0.25, 0.3) is 16.6 Å². The molecule has 1 N–H and O–H groups in total. The van der Waals surface area contributed by atoms with Crippen molar-refractivity contribution in [1.82, 2.24) is 14.5 Å². The number of rotatable bonds is 5. The van der Waals surface area contributed by atoms with Gasteiger partial charge in [-0.2, -0.15) is 0 Å². The zero-order valence-corrected chi connectivity index (χ0v) is 16.4. The van der Waals surface area contributed by atoms with Crippen molar-refractivity contribution in [2.24, 2.45) is 0 Å². The van der Waals surface area contributed by atoms with Gasteiger partial charge in [0.1, 0.15) is 11.6 Å². The van der Waals surface area contributed by atoms with Crippen molar-refractivity contribution in [2.75, 3.05) is 5.32 Å². The van der Waals surface area contributed by atoms with E-state index in [-0.39, 0.29) is 17.5 Å². The highest BCUT2D eigenvalue weighted by Gasteiger charge is 2.39. The number of nitrogens with one attached hydrogen (secondary N) is 1. The van der Waals surface area contributed by atoms with Gasteiger partial charge in [0, 0.05) is 36.5 Å². The summed E-state index contributed by atoms with van der Waals surface area (Å²) in [5, 5.41) is 3.95. The van der Waals surface area contributed by atoms with E-state index in [1.165, 1.54) is 16.7 Å². The van der Waals surface area contributed by atoms with Crippen LogP contribution in [-0.4, -0.2) is 14.5 Å². The molecule has 29 heavy (non-hydrogen) atoms. The van der Waals surface area contributed by atoms with Gasteiger partial charge in [-0.15, -0.1) is 0 Å². The fourth-order valence-corrected chi connectivity index (χ4v) is 3.81. The van der Waals surface area contributed by atoms with Gasteiger partial charge in [-0.1, -0.05) is 31.7 Å². The number of aryl methyl sites for hydroxylation is 1. The lowest BCUT2D eigenvalue weighted by atomic mass is 10.0. The molecule has 2 heterocycles. The maximum Gasteiger partial charge on any atom is 0.273 e. The molecule has 4 rings (SSSR count). The molecule has 0 saturated heterocycles. The Kier molecular flexibility index (Phi) is 4.68. The number of alkyl halides is 2. The van der Waals surface area contributed by atoms with Gasteiger partial charge in [0.2, 0.25) is 0 Å². The molecule has 3 aromatic rings. The third kappa shape index (κ3) is 3.41. The normalized spacial score (nSPS) is 14.8. The molecule has 7 heteroatoms. The topological polar surface area (TPSA) is 59.8 Å². The second-order valence-corrected chi connectivity index (χ2v) is 7.32. The van der Waals surface area contributed by atoms with E-state index in [0.29, 0.717) is 53.2 Å². The van der Waals surface area contributed by atoms with Gasteiger partial charge in [0.25, 0.3) is 11.5 Å². The Morgan fingerprint density at radius 2 is 2.14 bits per heavy atom. The van der Waals surface area contributed by atoms with E-state index in [0.717, 1.165) is 5.56 Å². The van der Waals surface area contributed by atoms with Crippen LogP contribution in [-0.2, 0) is 18.9 Å².